The number of hydrogen-bond acceptors (Lipinski definition) is 2. The highest BCUT2D eigenvalue weighted by molar-refractivity contribution is 9.10. The molecule has 0 aliphatic heterocycles. The monoisotopic (exact) mass is 293 g/mol. The largest absolute Gasteiger partial charge is 0.319 e. The summed E-state index contributed by atoms with van der Waals surface area (Å²) in [5.74, 6) is 0. The van der Waals surface area contributed by atoms with Crippen molar-refractivity contribution >= 4 is 15.9 Å². The Morgan fingerprint density at radius 3 is 2.82 bits per heavy atom. The lowest BCUT2D eigenvalue weighted by atomic mass is 10.0. The molecule has 3 nitrogen and oxygen atoms in total. The third-order valence-corrected chi connectivity index (χ3v) is 3.25. The summed E-state index contributed by atoms with van der Waals surface area (Å²) >= 11 is 3.50. The van der Waals surface area contributed by atoms with Gasteiger partial charge >= 0.3 is 0 Å². The van der Waals surface area contributed by atoms with Crippen molar-refractivity contribution in [1.82, 2.24) is 9.78 Å². The SMILES string of the molecule is CCn1nccc1C(N)c1cc(C)cc(Br)c1. The van der Waals surface area contributed by atoms with Gasteiger partial charge in [-0.2, -0.15) is 5.10 Å². The number of nitrogens with two attached hydrogens (primary N) is 1. The molecule has 0 aliphatic rings. The lowest BCUT2D eigenvalue weighted by Crippen LogP contribution is -2.17. The molecule has 0 fully saturated rings. The second kappa shape index (κ2) is 5.02. The van der Waals surface area contributed by atoms with Gasteiger partial charge in [-0.05, 0) is 43.2 Å². The van der Waals surface area contributed by atoms with Crippen molar-refractivity contribution in [3.63, 3.8) is 0 Å². The van der Waals surface area contributed by atoms with Crippen LogP contribution in [0.1, 0.15) is 29.8 Å². The highest BCUT2D eigenvalue weighted by atomic mass is 79.9. The van der Waals surface area contributed by atoms with E-state index < -0.39 is 0 Å². The quantitative estimate of drug-likeness (QED) is 0.945. The fourth-order valence-electron chi connectivity index (χ4n) is 1.99. The second-order valence-electron chi connectivity index (χ2n) is 4.11. The summed E-state index contributed by atoms with van der Waals surface area (Å²) in [6.45, 7) is 4.97. The molecular formula is C13H16BrN3. The predicted molar refractivity (Wildman–Crippen MR) is 72.8 cm³/mol. The van der Waals surface area contributed by atoms with Crippen LogP contribution in [-0.4, -0.2) is 9.78 Å². The Labute approximate surface area is 110 Å². The van der Waals surface area contributed by atoms with E-state index in [2.05, 4.69) is 53.1 Å². The van der Waals surface area contributed by atoms with Gasteiger partial charge in [-0.15, -0.1) is 0 Å². The van der Waals surface area contributed by atoms with E-state index in [1.165, 1.54) is 5.56 Å². The first-order valence-electron chi connectivity index (χ1n) is 5.66. The van der Waals surface area contributed by atoms with Crippen LogP contribution in [0.15, 0.2) is 34.9 Å². The maximum absolute atomic E-state index is 6.29. The minimum absolute atomic E-state index is 0.131. The topological polar surface area (TPSA) is 43.8 Å². The van der Waals surface area contributed by atoms with Gasteiger partial charge in [0.1, 0.15) is 0 Å². The zero-order chi connectivity index (χ0) is 12.4. The zero-order valence-electron chi connectivity index (χ0n) is 10.0. The molecule has 0 bridgehead atoms. The number of halogens is 1. The zero-order valence-corrected chi connectivity index (χ0v) is 11.6. The van der Waals surface area contributed by atoms with Gasteiger partial charge in [0.15, 0.2) is 0 Å². The van der Waals surface area contributed by atoms with Gasteiger partial charge in [-0.3, -0.25) is 4.68 Å². The average Bonchev–Trinajstić information content (AvgIpc) is 2.74. The van der Waals surface area contributed by atoms with Gasteiger partial charge in [-0.1, -0.05) is 22.0 Å². The molecule has 0 aliphatic carbocycles. The van der Waals surface area contributed by atoms with Gasteiger partial charge in [0.2, 0.25) is 0 Å². The molecule has 2 rings (SSSR count). The predicted octanol–water partition coefficient (Wildman–Crippen LogP) is 3.02. The van der Waals surface area contributed by atoms with E-state index in [0.29, 0.717) is 0 Å². The second-order valence-corrected chi connectivity index (χ2v) is 5.03. The maximum atomic E-state index is 6.29. The molecule has 90 valence electrons. The van der Waals surface area contributed by atoms with Crippen molar-refractivity contribution in [3.8, 4) is 0 Å². The molecule has 1 aromatic heterocycles. The minimum Gasteiger partial charge on any atom is -0.319 e. The van der Waals surface area contributed by atoms with E-state index in [0.717, 1.165) is 22.3 Å². The van der Waals surface area contributed by atoms with Crippen molar-refractivity contribution in [1.29, 1.82) is 0 Å². The summed E-state index contributed by atoms with van der Waals surface area (Å²) in [5.41, 5.74) is 9.64. The first kappa shape index (κ1) is 12.3. The van der Waals surface area contributed by atoms with Gasteiger partial charge in [-0.25, -0.2) is 0 Å². The van der Waals surface area contributed by atoms with Gasteiger partial charge in [0, 0.05) is 17.2 Å². The lowest BCUT2D eigenvalue weighted by Gasteiger charge is -2.15. The summed E-state index contributed by atoms with van der Waals surface area (Å²) in [4.78, 5) is 0. The van der Waals surface area contributed by atoms with Crippen LogP contribution < -0.4 is 5.73 Å². The summed E-state index contributed by atoms with van der Waals surface area (Å²) in [5, 5.41) is 4.25. The van der Waals surface area contributed by atoms with Gasteiger partial charge < -0.3 is 5.73 Å². The Bertz CT molecular complexity index is 499. The summed E-state index contributed by atoms with van der Waals surface area (Å²) < 4.78 is 2.99. The molecule has 0 saturated carbocycles. The van der Waals surface area contributed by atoms with Crippen molar-refractivity contribution in [2.24, 2.45) is 5.73 Å². The minimum atomic E-state index is -0.131. The summed E-state index contributed by atoms with van der Waals surface area (Å²) in [6, 6.07) is 8.10. The standard InChI is InChI=1S/C13H16BrN3/c1-3-17-12(4-5-16-17)13(15)10-6-9(2)7-11(14)8-10/h4-8,13H,3,15H2,1-2H3. The normalized spacial score (nSPS) is 12.7. The van der Waals surface area contributed by atoms with Crippen LogP contribution in [0, 0.1) is 6.92 Å². The lowest BCUT2D eigenvalue weighted by molar-refractivity contribution is 0.600. The van der Waals surface area contributed by atoms with E-state index in [-0.39, 0.29) is 6.04 Å². The first-order valence-corrected chi connectivity index (χ1v) is 6.45. The third kappa shape index (κ3) is 2.58. The highest BCUT2D eigenvalue weighted by Gasteiger charge is 2.13. The molecule has 2 N–H and O–H groups in total. The number of hydrogen-bond donors (Lipinski definition) is 1. The number of aromatic nitrogens is 2. The molecule has 1 aromatic carbocycles. The van der Waals surface area contributed by atoms with Crippen LogP contribution in [0.4, 0.5) is 0 Å². The smallest absolute Gasteiger partial charge is 0.0723 e. The number of rotatable bonds is 3. The molecule has 1 atom stereocenters. The van der Waals surface area contributed by atoms with Crippen LogP contribution in [0.3, 0.4) is 0 Å². The third-order valence-electron chi connectivity index (χ3n) is 2.79. The molecule has 0 saturated heterocycles. The van der Waals surface area contributed by atoms with Crippen molar-refractivity contribution in [3.05, 3.63) is 51.8 Å². The van der Waals surface area contributed by atoms with E-state index in [1.54, 1.807) is 6.20 Å². The molecule has 2 aromatic rings. The maximum Gasteiger partial charge on any atom is 0.0723 e. The van der Waals surface area contributed by atoms with Crippen molar-refractivity contribution in [2.75, 3.05) is 0 Å². The fraction of sp³-hybridized carbons (Fsp3) is 0.308. The summed E-state index contributed by atoms with van der Waals surface area (Å²) in [7, 11) is 0. The molecule has 0 spiro atoms. The molecule has 0 radical (unpaired) electrons. The number of aryl methyl sites for hydroxylation is 2. The Morgan fingerprint density at radius 2 is 2.18 bits per heavy atom. The number of benzene rings is 1. The molecule has 0 amide bonds. The molecule has 1 heterocycles. The van der Waals surface area contributed by atoms with Crippen molar-refractivity contribution in [2.45, 2.75) is 26.4 Å². The Kier molecular flexibility index (Phi) is 3.64. The van der Waals surface area contributed by atoms with Crippen LogP contribution in [0.5, 0.6) is 0 Å². The van der Waals surface area contributed by atoms with E-state index in [9.17, 15) is 0 Å². The highest BCUT2D eigenvalue weighted by Crippen LogP contribution is 2.24. The Balaban J connectivity index is 2.39. The number of nitrogens with zero attached hydrogens (tertiary/aromatic N) is 2. The molecule has 4 heteroatoms. The summed E-state index contributed by atoms with van der Waals surface area (Å²) in [6.07, 6.45) is 1.80. The van der Waals surface area contributed by atoms with Crippen LogP contribution in [0.25, 0.3) is 0 Å². The van der Waals surface area contributed by atoms with Gasteiger partial charge in [0.25, 0.3) is 0 Å². The molecule has 17 heavy (non-hydrogen) atoms. The van der Waals surface area contributed by atoms with Crippen LogP contribution >= 0.6 is 15.9 Å². The van der Waals surface area contributed by atoms with Crippen LogP contribution in [-0.2, 0) is 6.54 Å². The van der Waals surface area contributed by atoms with E-state index >= 15 is 0 Å². The van der Waals surface area contributed by atoms with E-state index in [1.807, 2.05) is 10.7 Å². The first-order chi connectivity index (χ1) is 8.11. The van der Waals surface area contributed by atoms with Crippen molar-refractivity contribution < 1.29 is 0 Å². The fourth-order valence-corrected chi connectivity index (χ4v) is 2.61. The van der Waals surface area contributed by atoms with Gasteiger partial charge in [0.05, 0.1) is 11.7 Å². The molecule has 1 unspecified atom stereocenters. The van der Waals surface area contributed by atoms with E-state index in [4.69, 9.17) is 5.73 Å². The Hall–Kier alpha value is -1.13. The molecular weight excluding hydrogens is 278 g/mol. The average molecular weight is 294 g/mol. The Morgan fingerprint density at radius 1 is 1.41 bits per heavy atom. The van der Waals surface area contributed by atoms with Crippen LogP contribution in [0.2, 0.25) is 0 Å².